The van der Waals surface area contributed by atoms with E-state index < -0.39 is 0 Å². The fourth-order valence-corrected chi connectivity index (χ4v) is 1.02. The molecule has 0 saturated carbocycles. The molecule has 0 fully saturated rings. The highest BCUT2D eigenvalue weighted by Gasteiger charge is 1.95. The third-order valence-corrected chi connectivity index (χ3v) is 1.62. The molecule has 0 unspecified atom stereocenters. The molecule has 0 aromatic heterocycles. The fraction of sp³-hybridized carbons (Fsp3) is 0.417. The summed E-state index contributed by atoms with van der Waals surface area (Å²) in [6.07, 6.45) is 0.497. The van der Waals surface area contributed by atoms with Crippen molar-refractivity contribution < 1.29 is 4.79 Å². The average molecular weight is 244 g/mol. The highest BCUT2D eigenvalue weighted by atomic mass is 35.5. The van der Waals surface area contributed by atoms with Gasteiger partial charge >= 0.3 is 0 Å². The Bertz CT molecular complexity index is 296. The molecule has 3 nitrogen and oxygen atoms in total. The molecule has 0 aliphatic carbocycles. The minimum atomic E-state index is 0.173. The Hall–Kier alpha value is -1.22. The second-order valence-electron chi connectivity index (χ2n) is 2.69. The van der Waals surface area contributed by atoms with E-state index in [-0.39, 0.29) is 5.78 Å². The molecule has 1 aromatic rings. The predicted octanol–water partition coefficient (Wildman–Crippen LogP) is 3.88. The first-order valence-corrected chi connectivity index (χ1v) is 5.43. The van der Waals surface area contributed by atoms with Crippen LogP contribution in [0.25, 0.3) is 0 Å². The highest BCUT2D eigenvalue weighted by Crippen LogP contribution is 2.09. The predicted molar refractivity (Wildman–Crippen MR) is 68.9 cm³/mol. The summed E-state index contributed by atoms with van der Waals surface area (Å²) in [4.78, 5) is 19.2. The topological polar surface area (TPSA) is 46.5 Å². The van der Waals surface area contributed by atoms with Gasteiger partial charge in [-0.05, 0) is 24.6 Å². The first-order chi connectivity index (χ1) is 7.60. The molecule has 0 saturated heterocycles. The number of carbonyl (C=O) groups is 1. The molecule has 0 N–H and O–H groups in total. The van der Waals surface area contributed by atoms with E-state index in [0.717, 1.165) is 5.56 Å². The standard InChI is InChI=1S/C9H9ClO.C2H6.CH3NO/c1-7(11)6-8-2-4-9(10)5-3-8;1-2;1-2-3/h2-5H,6H2,1H3;1-2H3;1H3. The number of nitroso groups, excluding NO2 is 1. The van der Waals surface area contributed by atoms with E-state index >= 15 is 0 Å². The summed E-state index contributed by atoms with van der Waals surface area (Å²) in [7, 11) is 1.19. The zero-order valence-electron chi connectivity index (χ0n) is 10.2. The molecule has 0 aliphatic heterocycles. The van der Waals surface area contributed by atoms with E-state index in [0.29, 0.717) is 11.4 Å². The zero-order chi connectivity index (χ0) is 13.0. The van der Waals surface area contributed by atoms with Crippen LogP contribution >= 0.6 is 11.6 Å². The summed E-state index contributed by atoms with van der Waals surface area (Å²) in [6.45, 7) is 5.58. The van der Waals surface area contributed by atoms with E-state index in [1.165, 1.54) is 7.05 Å². The van der Waals surface area contributed by atoms with E-state index in [1.807, 2.05) is 26.0 Å². The van der Waals surface area contributed by atoms with Crippen LogP contribution in [0.1, 0.15) is 26.3 Å². The lowest BCUT2D eigenvalue weighted by atomic mass is 10.1. The van der Waals surface area contributed by atoms with Crippen LogP contribution in [0.2, 0.25) is 5.02 Å². The van der Waals surface area contributed by atoms with Gasteiger partial charge in [-0.2, -0.15) is 4.91 Å². The van der Waals surface area contributed by atoms with E-state index in [2.05, 4.69) is 5.18 Å². The lowest BCUT2D eigenvalue weighted by Crippen LogP contribution is -1.94. The van der Waals surface area contributed by atoms with Gasteiger partial charge in [0.25, 0.3) is 0 Å². The van der Waals surface area contributed by atoms with Crippen molar-refractivity contribution in [2.75, 3.05) is 7.05 Å². The summed E-state index contributed by atoms with van der Waals surface area (Å²) in [5.41, 5.74) is 1.02. The van der Waals surface area contributed by atoms with E-state index in [1.54, 1.807) is 19.1 Å². The Morgan fingerprint density at radius 3 is 1.94 bits per heavy atom. The van der Waals surface area contributed by atoms with Crippen molar-refractivity contribution in [3.8, 4) is 0 Å². The Morgan fingerprint density at radius 2 is 1.62 bits per heavy atom. The Kier molecular flexibility index (Phi) is 12.7. The second kappa shape index (κ2) is 11.9. The number of hydrogen-bond donors (Lipinski definition) is 0. The summed E-state index contributed by atoms with van der Waals surface area (Å²) < 4.78 is 0. The van der Waals surface area contributed by atoms with Crippen LogP contribution in [0.5, 0.6) is 0 Å². The molecule has 0 amide bonds. The monoisotopic (exact) mass is 243 g/mol. The molecule has 0 atom stereocenters. The van der Waals surface area contributed by atoms with Crippen molar-refractivity contribution in [3.05, 3.63) is 39.8 Å². The van der Waals surface area contributed by atoms with Gasteiger partial charge in [-0.1, -0.05) is 42.8 Å². The highest BCUT2D eigenvalue weighted by molar-refractivity contribution is 6.30. The van der Waals surface area contributed by atoms with Crippen LogP contribution in [0.15, 0.2) is 29.4 Å². The van der Waals surface area contributed by atoms with Crippen LogP contribution in [0.3, 0.4) is 0 Å². The third-order valence-electron chi connectivity index (χ3n) is 1.37. The van der Waals surface area contributed by atoms with Gasteiger partial charge in [-0.25, -0.2) is 0 Å². The molecule has 1 aromatic carbocycles. The molecule has 4 heteroatoms. The van der Waals surface area contributed by atoms with Crippen LogP contribution in [-0.2, 0) is 11.2 Å². The summed E-state index contributed by atoms with van der Waals surface area (Å²) in [5, 5.41) is 2.96. The normalized spacial score (nSPS) is 7.81. The zero-order valence-corrected chi connectivity index (χ0v) is 10.9. The van der Waals surface area contributed by atoms with Gasteiger partial charge in [0.2, 0.25) is 0 Å². The molecule has 1 rings (SSSR count). The molecule has 16 heavy (non-hydrogen) atoms. The molecule has 0 heterocycles. The van der Waals surface area contributed by atoms with Gasteiger partial charge in [0.15, 0.2) is 0 Å². The minimum Gasteiger partial charge on any atom is -0.300 e. The van der Waals surface area contributed by atoms with Crippen molar-refractivity contribution in [2.45, 2.75) is 27.2 Å². The van der Waals surface area contributed by atoms with Crippen molar-refractivity contribution >= 4 is 17.4 Å². The maximum atomic E-state index is 10.7. The van der Waals surface area contributed by atoms with Gasteiger partial charge in [0, 0.05) is 11.4 Å². The van der Waals surface area contributed by atoms with Crippen molar-refractivity contribution in [3.63, 3.8) is 0 Å². The number of carbonyl (C=O) groups excluding carboxylic acids is 1. The summed E-state index contributed by atoms with van der Waals surface area (Å²) >= 11 is 5.66. The molecular weight excluding hydrogens is 226 g/mol. The molecule has 90 valence electrons. The SMILES string of the molecule is CC.CC(=O)Cc1ccc(Cl)cc1.CN=O. The van der Waals surface area contributed by atoms with Crippen LogP contribution in [-0.4, -0.2) is 12.8 Å². The average Bonchev–Trinajstić information content (AvgIpc) is 2.25. The van der Waals surface area contributed by atoms with Crippen LogP contribution in [0, 0.1) is 4.91 Å². The smallest absolute Gasteiger partial charge is 0.134 e. The minimum absolute atomic E-state index is 0.173. The van der Waals surface area contributed by atoms with E-state index in [9.17, 15) is 4.79 Å². The number of rotatable bonds is 2. The lowest BCUT2D eigenvalue weighted by molar-refractivity contribution is -0.116. The Balaban J connectivity index is 0. The molecule has 0 bridgehead atoms. The number of ketones is 1. The van der Waals surface area contributed by atoms with E-state index in [4.69, 9.17) is 16.5 Å². The number of benzene rings is 1. The molecule has 0 spiro atoms. The van der Waals surface area contributed by atoms with Crippen molar-refractivity contribution in [2.24, 2.45) is 5.18 Å². The quantitative estimate of drug-likeness (QED) is 0.740. The maximum absolute atomic E-state index is 10.7. The molecule has 0 radical (unpaired) electrons. The third kappa shape index (κ3) is 10.9. The number of hydrogen-bond acceptors (Lipinski definition) is 3. The first-order valence-electron chi connectivity index (χ1n) is 5.05. The number of nitrogens with zero attached hydrogens (tertiary/aromatic N) is 1. The molecular formula is C12H18ClNO2. The lowest BCUT2D eigenvalue weighted by Gasteiger charge is -1.95. The van der Waals surface area contributed by atoms with Gasteiger partial charge < -0.3 is 0 Å². The maximum Gasteiger partial charge on any atom is 0.134 e. The summed E-state index contributed by atoms with van der Waals surface area (Å²) in [6, 6.07) is 7.31. The largest absolute Gasteiger partial charge is 0.300 e. The number of Topliss-reactive ketones (excluding diaryl/α,β-unsaturated/α-hetero) is 1. The summed E-state index contributed by atoms with van der Waals surface area (Å²) in [5.74, 6) is 0.173. The van der Waals surface area contributed by atoms with Crippen LogP contribution in [0.4, 0.5) is 0 Å². The van der Waals surface area contributed by atoms with Gasteiger partial charge in [0.1, 0.15) is 5.78 Å². The van der Waals surface area contributed by atoms with Crippen molar-refractivity contribution in [1.29, 1.82) is 0 Å². The number of halogens is 1. The van der Waals surface area contributed by atoms with Crippen molar-refractivity contribution in [1.82, 2.24) is 0 Å². The van der Waals surface area contributed by atoms with Gasteiger partial charge in [0.05, 0.1) is 7.05 Å². The second-order valence-corrected chi connectivity index (χ2v) is 3.12. The first kappa shape index (κ1) is 17.2. The fourth-order valence-electron chi connectivity index (χ4n) is 0.890. The van der Waals surface area contributed by atoms with Crippen LogP contribution < -0.4 is 0 Å². The van der Waals surface area contributed by atoms with Gasteiger partial charge in [-0.15, -0.1) is 0 Å². The van der Waals surface area contributed by atoms with Gasteiger partial charge in [-0.3, -0.25) is 4.79 Å². The Morgan fingerprint density at radius 1 is 1.25 bits per heavy atom. The molecule has 0 aliphatic rings. The Labute approximate surface area is 102 Å².